The number of hydrogen-bond acceptors (Lipinski definition) is 5. The van der Waals surface area contributed by atoms with E-state index in [-0.39, 0.29) is 5.91 Å². The van der Waals surface area contributed by atoms with Gasteiger partial charge in [-0.15, -0.1) is 11.3 Å². The average Bonchev–Trinajstić information content (AvgIpc) is 2.99. The van der Waals surface area contributed by atoms with Gasteiger partial charge in [0.2, 0.25) is 0 Å². The third-order valence-electron chi connectivity index (χ3n) is 3.62. The number of thiazole rings is 1. The number of morpholine rings is 1. The molecule has 0 atom stereocenters. The molecule has 1 aromatic carbocycles. The molecule has 1 N–H and O–H groups in total. The van der Waals surface area contributed by atoms with Crippen LogP contribution in [0.2, 0.25) is 0 Å². The predicted molar refractivity (Wildman–Crippen MR) is 87.5 cm³/mol. The van der Waals surface area contributed by atoms with Crippen molar-refractivity contribution >= 4 is 22.9 Å². The number of aryl methyl sites for hydroxylation is 1. The smallest absolute Gasteiger partial charge is 0.253 e. The standard InChI is InChI=1S/C16H18FN3O2S/c1-11-10-23-15(19-11)9-18-16(21)13-8-12(17)2-3-14(13)20-4-6-22-7-5-20/h2-3,8,10H,4-7,9H2,1H3,(H,18,21). The van der Waals surface area contributed by atoms with Gasteiger partial charge in [-0.2, -0.15) is 0 Å². The van der Waals surface area contributed by atoms with Crippen molar-refractivity contribution < 1.29 is 13.9 Å². The number of halogens is 1. The molecule has 1 aliphatic rings. The second-order valence-electron chi connectivity index (χ2n) is 5.33. The Kier molecular flexibility index (Phi) is 4.88. The number of carbonyl (C=O) groups is 1. The zero-order valence-corrected chi connectivity index (χ0v) is 13.7. The van der Waals surface area contributed by atoms with E-state index in [0.717, 1.165) is 16.4 Å². The van der Waals surface area contributed by atoms with Gasteiger partial charge in [0.15, 0.2) is 0 Å². The first kappa shape index (κ1) is 15.9. The number of nitrogens with one attached hydrogen (secondary N) is 1. The third-order valence-corrected chi connectivity index (χ3v) is 4.59. The van der Waals surface area contributed by atoms with Gasteiger partial charge in [0.25, 0.3) is 5.91 Å². The van der Waals surface area contributed by atoms with Crippen LogP contribution in [0.1, 0.15) is 21.1 Å². The summed E-state index contributed by atoms with van der Waals surface area (Å²) in [6.45, 7) is 4.85. The first-order valence-electron chi connectivity index (χ1n) is 7.45. The van der Waals surface area contributed by atoms with Crippen molar-refractivity contribution in [2.75, 3.05) is 31.2 Å². The molecule has 1 amide bonds. The molecule has 2 heterocycles. The summed E-state index contributed by atoms with van der Waals surface area (Å²) in [5, 5.41) is 5.59. The Morgan fingerprint density at radius 3 is 2.91 bits per heavy atom. The summed E-state index contributed by atoms with van der Waals surface area (Å²) in [4.78, 5) is 18.8. The summed E-state index contributed by atoms with van der Waals surface area (Å²) >= 11 is 1.50. The van der Waals surface area contributed by atoms with E-state index in [4.69, 9.17) is 4.74 Å². The summed E-state index contributed by atoms with van der Waals surface area (Å²) in [6, 6.07) is 4.32. The summed E-state index contributed by atoms with van der Waals surface area (Å²) < 4.78 is 18.9. The van der Waals surface area contributed by atoms with E-state index in [2.05, 4.69) is 10.3 Å². The van der Waals surface area contributed by atoms with E-state index in [1.165, 1.54) is 23.5 Å². The Morgan fingerprint density at radius 1 is 1.43 bits per heavy atom. The highest BCUT2D eigenvalue weighted by Crippen LogP contribution is 2.23. The molecule has 5 nitrogen and oxygen atoms in total. The second kappa shape index (κ2) is 7.06. The minimum atomic E-state index is -0.419. The van der Waals surface area contributed by atoms with Gasteiger partial charge in [-0.1, -0.05) is 0 Å². The van der Waals surface area contributed by atoms with Crippen molar-refractivity contribution in [3.63, 3.8) is 0 Å². The quantitative estimate of drug-likeness (QED) is 0.932. The van der Waals surface area contributed by atoms with Crippen LogP contribution >= 0.6 is 11.3 Å². The van der Waals surface area contributed by atoms with Crippen molar-refractivity contribution in [1.82, 2.24) is 10.3 Å². The third kappa shape index (κ3) is 3.86. The minimum absolute atomic E-state index is 0.293. The van der Waals surface area contributed by atoms with Crippen LogP contribution in [0.5, 0.6) is 0 Å². The highest BCUT2D eigenvalue weighted by atomic mass is 32.1. The van der Waals surface area contributed by atoms with Crippen LogP contribution in [-0.4, -0.2) is 37.2 Å². The number of amides is 1. The fourth-order valence-corrected chi connectivity index (χ4v) is 3.22. The van der Waals surface area contributed by atoms with Crippen molar-refractivity contribution in [1.29, 1.82) is 0 Å². The van der Waals surface area contributed by atoms with Crippen LogP contribution in [0, 0.1) is 12.7 Å². The Hall–Kier alpha value is -1.99. The maximum absolute atomic E-state index is 13.6. The molecule has 7 heteroatoms. The first-order valence-corrected chi connectivity index (χ1v) is 8.33. The molecule has 0 spiro atoms. The molecule has 0 bridgehead atoms. The molecule has 1 aromatic heterocycles. The molecule has 122 valence electrons. The van der Waals surface area contributed by atoms with E-state index < -0.39 is 5.82 Å². The number of nitrogens with zero attached hydrogens (tertiary/aromatic N) is 2. The van der Waals surface area contributed by atoms with E-state index in [1.807, 2.05) is 17.2 Å². The number of anilines is 1. The fourth-order valence-electron chi connectivity index (χ4n) is 2.51. The maximum atomic E-state index is 13.6. The first-order chi connectivity index (χ1) is 11.1. The van der Waals surface area contributed by atoms with Crippen molar-refractivity contribution in [3.8, 4) is 0 Å². The van der Waals surface area contributed by atoms with Crippen LogP contribution in [-0.2, 0) is 11.3 Å². The number of aromatic nitrogens is 1. The molecule has 2 aromatic rings. The lowest BCUT2D eigenvalue weighted by atomic mass is 10.1. The van der Waals surface area contributed by atoms with E-state index in [9.17, 15) is 9.18 Å². The Balaban J connectivity index is 1.76. The van der Waals surface area contributed by atoms with Gasteiger partial charge in [-0.25, -0.2) is 9.37 Å². The number of hydrogen-bond donors (Lipinski definition) is 1. The van der Waals surface area contributed by atoms with Gasteiger partial charge in [-0.3, -0.25) is 4.79 Å². The topological polar surface area (TPSA) is 54.5 Å². The monoisotopic (exact) mass is 335 g/mol. The van der Waals surface area contributed by atoms with Gasteiger partial charge in [0.05, 0.1) is 25.3 Å². The highest BCUT2D eigenvalue weighted by molar-refractivity contribution is 7.09. The molecule has 0 aliphatic carbocycles. The van der Waals surface area contributed by atoms with Crippen LogP contribution < -0.4 is 10.2 Å². The normalized spacial score (nSPS) is 14.8. The lowest BCUT2D eigenvalue weighted by Crippen LogP contribution is -2.38. The van der Waals surface area contributed by atoms with Crippen LogP contribution in [0.4, 0.5) is 10.1 Å². The number of benzene rings is 1. The van der Waals surface area contributed by atoms with Crippen LogP contribution in [0.15, 0.2) is 23.6 Å². The predicted octanol–water partition coefficient (Wildman–Crippen LogP) is 2.36. The maximum Gasteiger partial charge on any atom is 0.253 e. The average molecular weight is 335 g/mol. The van der Waals surface area contributed by atoms with Gasteiger partial charge in [0.1, 0.15) is 10.8 Å². The number of ether oxygens (including phenoxy) is 1. The molecular formula is C16H18FN3O2S. The second-order valence-corrected chi connectivity index (χ2v) is 6.27. The van der Waals surface area contributed by atoms with Crippen molar-refractivity contribution in [2.45, 2.75) is 13.5 Å². The lowest BCUT2D eigenvalue weighted by Gasteiger charge is -2.30. The van der Waals surface area contributed by atoms with E-state index in [1.54, 1.807) is 6.07 Å². The van der Waals surface area contributed by atoms with Crippen LogP contribution in [0.25, 0.3) is 0 Å². The molecule has 0 unspecified atom stereocenters. The highest BCUT2D eigenvalue weighted by Gasteiger charge is 2.19. The molecule has 1 aliphatic heterocycles. The van der Waals surface area contributed by atoms with Gasteiger partial charge in [0, 0.05) is 29.9 Å². The van der Waals surface area contributed by atoms with Gasteiger partial charge in [-0.05, 0) is 25.1 Å². The summed E-state index contributed by atoms with van der Waals surface area (Å²) in [6.07, 6.45) is 0. The number of rotatable bonds is 4. The van der Waals surface area contributed by atoms with Crippen molar-refractivity contribution in [2.24, 2.45) is 0 Å². The van der Waals surface area contributed by atoms with Crippen LogP contribution in [0.3, 0.4) is 0 Å². The molecule has 23 heavy (non-hydrogen) atoms. The van der Waals surface area contributed by atoms with E-state index in [0.29, 0.717) is 38.4 Å². The Bertz CT molecular complexity index is 698. The molecule has 1 saturated heterocycles. The minimum Gasteiger partial charge on any atom is -0.378 e. The summed E-state index contributed by atoms with van der Waals surface area (Å²) in [5.41, 5.74) is 2.02. The lowest BCUT2D eigenvalue weighted by molar-refractivity contribution is 0.0949. The largest absolute Gasteiger partial charge is 0.378 e. The van der Waals surface area contributed by atoms with E-state index >= 15 is 0 Å². The van der Waals surface area contributed by atoms with Crippen molar-refractivity contribution in [3.05, 3.63) is 45.7 Å². The molecule has 0 radical (unpaired) electrons. The van der Waals surface area contributed by atoms with Gasteiger partial charge >= 0.3 is 0 Å². The Labute approximate surface area is 138 Å². The Morgan fingerprint density at radius 2 is 2.22 bits per heavy atom. The molecule has 3 rings (SSSR count). The fraction of sp³-hybridized carbons (Fsp3) is 0.375. The molecule has 0 saturated carbocycles. The summed E-state index contributed by atoms with van der Waals surface area (Å²) in [7, 11) is 0. The van der Waals surface area contributed by atoms with Gasteiger partial charge < -0.3 is 15.0 Å². The molecular weight excluding hydrogens is 317 g/mol. The molecule has 1 fully saturated rings. The zero-order chi connectivity index (χ0) is 16.2. The summed E-state index contributed by atoms with van der Waals surface area (Å²) in [5.74, 6) is -0.712. The SMILES string of the molecule is Cc1csc(CNC(=O)c2cc(F)ccc2N2CCOCC2)n1. The zero-order valence-electron chi connectivity index (χ0n) is 12.8. The number of carbonyl (C=O) groups excluding carboxylic acids is 1.